The molecule has 1 aromatic carbocycles. The molecular formula is C15H19N3O2S. The van der Waals surface area contributed by atoms with Gasteiger partial charge in [-0.05, 0) is 32.4 Å². The summed E-state index contributed by atoms with van der Waals surface area (Å²) < 4.78 is 5.06. The van der Waals surface area contributed by atoms with Crippen molar-refractivity contribution in [1.29, 1.82) is 0 Å². The number of nitrogens with two attached hydrogens (primary N) is 1. The number of nitrogens with zero attached hydrogens (tertiary/aromatic N) is 1. The van der Waals surface area contributed by atoms with E-state index in [4.69, 9.17) is 10.5 Å². The van der Waals surface area contributed by atoms with Crippen molar-refractivity contribution in [3.05, 3.63) is 34.3 Å². The Kier molecular flexibility index (Phi) is 4.80. The summed E-state index contributed by atoms with van der Waals surface area (Å²) in [6.45, 7) is 6.19. The van der Waals surface area contributed by atoms with Crippen molar-refractivity contribution in [2.75, 3.05) is 17.7 Å². The predicted octanol–water partition coefficient (Wildman–Crippen LogP) is 3.52. The molecule has 0 aliphatic carbocycles. The maximum absolute atomic E-state index is 12.0. The molecule has 3 N–H and O–H groups in total. The Morgan fingerprint density at radius 2 is 2.19 bits per heavy atom. The van der Waals surface area contributed by atoms with Gasteiger partial charge in [0.25, 0.3) is 0 Å². The van der Waals surface area contributed by atoms with Crippen molar-refractivity contribution in [3.63, 3.8) is 0 Å². The van der Waals surface area contributed by atoms with Gasteiger partial charge in [0.15, 0.2) is 5.13 Å². The third-order valence-corrected chi connectivity index (χ3v) is 3.98. The minimum atomic E-state index is -0.392. The molecule has 0 amide bonds. The standard InChI is InChI=1S/C15H19N3O2S/c1-4-12-9(3)21-15(17-12)18-13-10(14(19)20-5-2)7-6-8-11(13)16/h6-8H,4-5,16H2,1-3H3,(H,17,18). The van der Waals surface area contributed by atoms with Crippen LogP contribution in [0.4, 0.5) is 16.5 Å². The number of rotatable bonds is 5. The van der Waals surface area contributed by atoms with Gasteiger partial charge in [-0.1, -0.05) is 13.0 Å². The van der Waals surface area contributed by atoms with Crippen LogP contribution in [0.2, 0.25) is 0 Å². The van der Waals surface area contributed by atoms with Crippen molar-refractivity contribution in [3.8, 4) is 0 Å². The molecule has 2 aromatic rings. The molecule has 21 heavy (non-hydrogen) atoms. The average Bonchev–Trinajstić information content (AvgIpc) is 2.81. The first kappa shape index (κ1) is 15.3. The van der Waals surface area contributed by atoms with E-state index in [9.17, 15) is 4.79 Å². The molecule has 1 aromatic heterocycles. The van der Waals surface area contributed by atoms with Crippen LogP contribution < -0.4 is 11.1 Å². The largest absolute Gasteiger partial charge is 0.462 e. The van der Waals surface area contributed by atoms with E-state index in [0.29, 0.717) is 23.5 Å². The highest BCUT2D eigenvalue weighted by Crippen LogP contribution is 2.31. The zero-order chi connectivity index (χ0) is 15.4. The molecule has 2 rings (SSSR count). The number of thiazole rings is 1. The molecule has 112 valence electrons. The monoisotopic (exact) mass is 305 g/mol. The number of benzene rings is 1. The molecule has 0 aliphatic rings. The van der Waals surface area contributed by atoms with Crippen LogP contribution in [0.3, 0.4) is 0 Å². The Labute approximate surface area is 128 Å². The van der Waals surface area contributed by atoms with Crippen LogP contribution in [0.15, 0.2) is 18.2 Å². The molecule has 5 nitrogen and oxygen atoms in total. The Morgan fingerprint density at radius 3 is 2.81 bits per heavy atom. The number of hydrogen-bond donors (Lipinski definition) is 2. The summed E-state index contributed by atoms with van der Waals surface area (Å²) in [4.78, 5) is 17.7. The van der Waals surface area contributed by atoms with Crippen LogP contribution in [0.5, 0.6) is 0 Å². The van der Waals surface area contributed by atoms with E-state index in [1.165, 1.54) is 0 Å². The molecule has 0 radical (unpaired) electrons. The maximum atomic E-state index is 12.0. The van der Waals surface area contributed by atoms with E-state index in [2.05, 4.69) is 17.2 Å². The molecule has 1 heterocycles. The van der Waals surface area contributed by atoms with Crippen LogP contribution in [-0.4, -0.2) is 17.6 Å². The van der Waals surface area contributed by atoms with Crippen LogP contribution in [0.1, 0.15) is 34.8 Å². The van der Waals surface area contributed by atoms with Crippen LogP contribution in [0.25, 0.3) is 0 Å². The van der Waals surface area contributed by atoms with E-state index < -0.39 is 5.97 Å². The minimum Gasteiger partial charge on any atom is -0.462 e. The number of carbonyl (C=O) groups excluding carboxylic acids is 1. The highest BCUT2D eigenvalue weighted by molar-refractivity contribution is 7.15. The first-order valence-electron chi connectivity index (χ1n) is 6.85. The Bertz CT molecular complexity index is 652. The first-order valence-corrected chi connectivity index (χ1v) is 7.67. The van der Waals surface area contributed by atoms with E-state index in [0.717, 1.165) is 22.1 Å². The lowest BCUT2D eigenvalue weighted by atomic mass is 10.1. The molecule has 0 saturated carbocycles. The maximum Gasteiger partial charge on any atom is 0.340 e. The summed E-state index contributed by atoms with van der Waals surface area (Å²) >= 11 is 1.55. The fourth-order valence-electron chi connectivity index (χ4n) is 2.01. The quantitative estimate of drug-likeness (QED) is 0.653. The molecule has 0 fully saturated rings. The number of para-hydroxylation sites is 1. The van der Waals surface area contributed by atoms with Crippen molar-refractivity contribution in [2.45, 2.75) is 27.2 Å². The first-order chi connectivity index (χ1) is 10.1. The van der Waals surface area contributed by atoms with Gasteiger partial charge >= 0.3 is 5.97 Å². The third-order valence-electron chi connectivity index (χ3n) is 3.05. The van der Waals surface area contributed by atoms with Gasteiger partial charge in [-0.15, -0.1) is 11.3 Å². The lowest BCUT2D eigenvalue weighted by Gasteiger charge is -2.11. The number of aromatic nitrogens is 1. The predicted molar refractivity (Wildman–Crippen MR) is 86.3 cm³/mol. The zero-order valence-electron chi connectivity index (χ0n) is 12.4. The summed E-state index contributed by atoms with van der Waals surface area (Å²) in [5.41, 5.74) is 8.50. The lowest BCUT2D eigenvalue weighted by molar-refractivity contribution is 0.0527. The number of ether oxygens (including phenoxy) is 1. The minimum absolute atomic E-state index is 0.323. The van der Waals surface area contributed by atoms with E-state index in [-0.39, 0.29) is 0 Å². The fourth-order valence-corrected chi connectivity index (χ4v) is 2.91. The summed E-state index contributed by atoms with van der Waals surface area (Å²) in [6.07, 6.45) is 0.874. The molecular weight excluding hydrogens is 286 g/mol. The van der Waals surface area contributed by atoms with Gasteiger partial charge in [-0.25, -0.2) is 9.78 Å². The zero-order valence-corrected chi connectivity index (χ0v) is 13.2. The lowest BCUT2D eigenvalue weighted by Crippen LogP contribution is -2.09. The average molecular weight is 305 g/mol. The third kappa shape index (κ3) is 3.33. The smallest absolute Gasteiger partial charge is 0.340 e. The van der Waals surface area contributed by atoms with Crippen molar-refractivity contribution >= 4 is 33.8 Å². The summed E-state index contributed by atoms with van der Waals surface area (Å²) in [7, 11) is 0. The molecule has 0 unspecified atom stereocenters. The van der Waals surface area contributed by atoms with Gasteiger partial charge in [0.2, 0.25) is 0 Å². The molecule has 0 bridgehead atoms. The number of aryl methyl sites for hydroxylation is 2. The van der Waals surface area contributed by atoms with Gasteiger partial charge in [0.1, 0.15) is 0 Å². The van der Waals surface area contributed by atoms with Gasteiger partial charge < -0.3 is 15.8 Å². The second-order valence-corrected chi connectivity index (χ2v) is 5.69. The highest BCUT2D eigenvalue weighted by Gasteiger charge is 2.16. The number of nitrogen functional groups attached to an aromatic ring is 1. The molecule has 0 spiro atoms. The highest BCUT2D eigenvalue weighted by atomic mass is 32.1. The van der Waals surface area contributed by atoms with Crippen molar-refractivity contribution in [1.82, 2.24) is 4.98 Å². The number of carbonyl (C=O) groups is 1. The van der Waals surface area contributed by atoms with Gasteiger partial charge in [-0.2, -0.15) is 0 Å². The van der Waals surface area contributed by atoms with E-state index in [1.807, 2.05) is 6.92 Å². The SMILES string of the molecule is CCOC(=O)c1cccc(N)c1Nc1nc(CC)c(C)s1. The van der Waals surface area contributed by atoms with Crippen LogP contribution >= 0.6 is 11.3 Å². The summed E-state index contributed by atoms with van der Waals surface area (Å²) in [5.74, 6) is -0.392. The van der Waals surface area contributed by atoms with Crippen LogP contribution in [0, 0.1) is 6.92 Å². The van der Waals surface area contributed by atoms with Crippen LogP contribution in [-0.2, 0) is 11.2 Å². The van der Waals surface area contributed by atoms with Crippen molar-refractivity contribution < 1.29 is 9.53 Å². The van der Waals surface area contributed by atoms with E-state index in [1.54, 1.807) is 36.5 Å². The number of anilines is 3. The number of nitrogens with one attached hydrogen (secondary N) is 1. The molecule has 0 saturated heterocycles. The van der Waals surface area contributed by atoms with Gasteiger partial charge in [0, 0.05) is 4.88 Å². The second-order valence-electron chi connectivity index (χ2n) is 4.49. The van der Waals surface area contributed by atoms with Gasteiger partial charge in [-0.3, -0.25) is 0 Å². The molecule has 0 atom stereocenters. The molecule has 0 aliphatic heterocycles. The van der Waals surface area contributed by atoms with E-state index >= 15 is 0 Å². The second kappa shape index (κ2) is 6.58. The molecule has 6 heteroatoms. The number of esters is 1. The summed E-state index contributed by atoms with van der Waals surface area (Å²) in [6, 6.07) is 5.17. The normalized spacial score (nSPS) is 10.4. The number of hydrogen-bond acceptors (Lipinski definition) is 6. The van der Waals surface area contributed by atoms with Gasteiger partial charge in [0.05, 0.1) is 29.2 Å². The summed E-state index contributed by atoms with van der Waals surface area (Å²) in [5, 5.41) is 3.89. The fraction of sp³-hybridized carbons (Fsp3) is 0.333. The Morgan fingerprint density at radius 1 is 1.43 bits per heavy atom. The Hall–Kier alpha value is -2.08. The Balaban J connectivity index is 2.36. The van der Waals surface area contributed by atoms with Crippen molar-refractivity contribution in [2.24, 2.45) is 0 Å². The topological polar surface area (TPSA) is 77.2 Å².